The van der Waals surface area contributed by atoms with Crippen LogP contribution in [-0.4, -0.2) is 29.8 Å². The largest absolute Gasteiger partial charge is 0.448 e. The van der Waals surface area contributed by atoms with E-state index >= 15 is 0 Å². The molecule has 1 atom stereocenters. The Labute approximate surface area is 197 Å². The predicted molar refractivity (Wildman–Crippen MR) is 126 cm³/mol. The van der Waals surface area contributed by atoms with E-state index in [1.807, 2.05) is 67.8 Å². The van der Waals surface area contributed by atoms with Crippen molar-refractivity contribution >= 4 is 103 Å². The number of hydrogen-bond donors (Lipinski definition) is 3. The molecule has 0 heterocycles. The van der Waals surface area contributed by atoms with E-state index in [9.17, 15) is 19.2 Å². The molecular formula is C16H18I3N3O5. The molecule has 0 aliphatic carbocycles. The second kappa shape index (κ2) is 10.2. The zero-order valence-electron chi connectivity index (χ0n) is 14.9. The summed E-state index contributed by atoms with van der Waals surface area (Å²) in [5.41, 5.74) is 6.21. The smallest absolute Gasteiger partial charge is 0.341 e. The predicted octanol–water partition coefficient (Wildman–Crippen LogP) is 3.08. The monoisotopic (exact) mass is 713 g/mol. The number of carbonyl (C=O) groups is 4. The quantitative estimate of drug-likeness (QED) is 0.309. The van der Waals surface area contributed by atoms with E-state index in [1.54, 1.807) is 13.8 Å². The number of benzene rings is 1. The highest BCUT2D eigenvalue weighted by atomic mass is 127. The van der Waals surface area contributed by atoms with Crippen molar-refractivity contribution < 1.29 is 23.9 Å². The summed E-state index contributed by atoms with van der Waals surface area (Å²) in [5, 5.41) is 5.34. The Morgan fingerprint density at radius 3 is 1.59 bits per heavy atom. The van der Waals surface area contributed by atoms with Gasteiger partial charge in [0.1, 0.15) is 0 Å². The van der Waals surface area contributed by atoms with Crippen LogP contribution in [0.2, 0.25) is 0 Å². The van der Waals surface area contributed by atoms with Gasteiger partial charge in [-0.2, -0.15) is 0 Å². The summed E-state index contributed by atoms with van der Waals surface area (Å²) in [6.07, 6.45) is -1.10. The van der Waals surface area contributed by atoms with Crippen LogP contribution in [0.5, 0.6) is 0 Å². The maximum atomic E-state index is 12.8. The molecule has 27 heavy (non-hydrogen) atoms. The molecule has 1 aromatic carbocycles. The fourth-order valence-electron chi connectivity index (χ4n) is 2.11. The van der Waals surface area contributed by atoms with Crippen LogP contribution in [0.4, 0.5) is 11.4 Å². The average molecular weight is 713 g/mol. The number of primary amides is 1. The minimum absolute atomic E-state index is 0.135. The third kappa shape index (κ3) is 6.13. The van der Waals surface area contributed by atoms with E-state index in [0.29, 0.717) is 22.1 Å². The van der Waals surface area contributed by atoms with Gasteiger partial charge in [0.15, 0.2) is 6.10 Å². The van der Waals surface area contributed by atoms with Gasteiger partial charge in [0.25, 0.3) is 5.91 Å². The van der Waals surface area contributed by atoms with Crippen LogP contribution in [0.25, 0.3) is 0 Å². The topological polar surface area (TPSA) is 128 Å². The summed E-state index contributed by atoms with van der Waals surface area (Å²) < 4.78 is 6.76. The molecule has 0 aliphatic rings. The van der Waals surface area contributed by atoms with Gasteiger partial charge in [-0.1, -0.05) is 13.8 Å². The number of anilines is 2. The van der Waals surface area contributed by atoms with Crippen LogP contribution in [0, 0.1) is 16.6 Å². The molecule has 0 aromatic heterocycles. The van der Waals surface area contributed by atoms with Crippen LogP contribution in [0.1, 0.15) is 38.1 Å². The summed E-state index contributed by atoms with van der Waals surface area (Å²) in [6, 6.07) is 0. The van der Waals surface area contributed by atoms with E-state index in [0.717, 1.165) is 0 Å². The molecule has 0 fully saturated rings. The number of halogens is 3. The minimum Gasteiger partial charge on any atom is -0.448 e. The number of ether oxygens (including phenoxy) is 1. The lowest BCUT2D eigenvalue weighted by molar-refractivity contribution is -0.128. The highest BCUT2D eigenvalue weighted by Crippen LogP contribution is 2.39. The van der Waals surface area contributed by atoms with Gasteiger partial charge in [-0.3, -0.25) is 14.4 Å². The third-order valence-corrected chi connectivity index (χ3v) is 6.48. The zero-order valence-corrected chi connectivity index (χ0v) is 21.4. The Morgan fingerprint density at radius 1 is 0.889 bits per heavy atom. The van der Waals surface area contributed by atoms with E-state index in [1.165, 1.54) is 13.8 Å². The first-order valence-corrected chi connectivity index (χ1v) is 10.9. The van der Waals surface area contributed by atoms with E-state index < -0.39 is 18.0 Å². The first-order valence-electron chi connectivity index (χ1n) is 7.64. The Balaban J connectivity index is 3.60. The summed E-state index contributed by atoms with van der Waals surface area (Å²) in [5.74, 6) is -2.50. The molecule has 0 radical (unpaired) electrons. The number of carbonyl (C=O) groups excluding carboxylic acids is 4. The van der Waals surface area contributed by atoms with Crippen LogP contribution in [0.15, 0.2) is 0 Å². The molecule has 0 saturated carbocycles. The van der Waals surface area contributed by atoms with Gasteiger partial charge >= 0.3 is 5.97 Å². The summed E-state index contributed by atoms with van der Waals surface area (Å²) in [4.78, 5) is 47.6. The number of amides is 3. The van der Waals surface area contributed by atoms with Gasteiger partial charge in [-0.25, -0.2) is 4.79 Å². The lowest BCUT2D eigenvalue weighted by atomic mass is 10.1. The van der Waals surface area contributed by atoms with Crippen molar-refractivity contribution in [2.75, 3.05) is 10.6 Å². The van der Waals surface area contributed by atoms with E-state index in [4.69, 9.17) is 10.5 Å². The molecule has 148 valence electrons. The molecule has 3 amide bonds. The van der Waals surface area contributed by atoms with Gasteiger partial charge in [0.2, 0.25) is 11.8 Å². The Kier molecular flexibility index (Phi) is 9.17. The van der Waals surface area contributed by atoms with Crippen LogP contribution in [0.3, 0.4) is 0 Å². The zero-order chi connectivity index (χ0) is 21.0. The Hall–Kier alpha value is -0.710. The molecule has 0 aliphatic heterocycles. The average Bonchev–Trinajstić information content (AvgIpc) is 2.52. The standard InChI is InChI=1S/C16H18I3N3O5/c1-5(2)14(15(20)25)27-16(26)8-9(17)12(21-6(3)23)11(19)13(10(8)18)22-7(4)24/h5,14H,1-4H3,(H2,20,25)(H,21,23)(H,22,24). The van der Waals surface area contributed by atoms with Crippen molar-refractivity contribution in [3.63, 3.8) is 0 Å². The molecule has 4 N–H and O–H groups in total. The number of esters is 1. The van der Waals surface area contributed by atoms with E-state index in [-0.39, 0.29) is 23.3 Å². The summed E-state index contributed by atoms with van der Waals surface area (Å²) in [7, 11) is 0. The van der Waals surface area contributed by atoms with Crippen molar-refractivity contribution in [1.82, 2.24) is 0 Å². The highest BCUT2D eigenvalue weighted by molar-refractivity contribution is 14.1. The number of nitrogens with one attached hydrogen (secondary N) is 2. The SMILES string of the molecule is CC(=O)Nc1c(I)c(NC(C)=O)c(I)c(C(=O)OC(C(N)=O)C(C)C)c1I. The number of rotatable bonds is 6. The van der Waals surface area contributed by atoms with Crippen molar-refractivity contribution in [3.8, 4) is 0 Å². The highest BCUT2D eigenvalue weighted by Gasteiger charge is 2.30. The molecule has 0 spiro atoms. The molecule has 0 bridgehead atoms. The fraction of sp³-hybridized carbons (Fsp3) is 0.375. The molecular weight excluding hydrogens is 695 g/mol. The molecule has 11 heteroatoms. The minimum atomic E-state index is -1.10. The van der Waals surface area contributed by atoms with Gasteiger partial charge in [0, 0.05) is 13.8 Å². The maximum Gasteiger partial charge on any atom is 0.341 e. The second-order valence-corrected chi connectivity index (χ2v) is 9.14. The summed E-state index contributed by atoms with van der Waals surface area (Å²) in [6.45, 7) is 6.08. The van der Waals surface area contributed by atoms with E-state index in [2.05, 4.69) is 10.6 Å². The van der Waals surface area contributed by atoms with Crippen LogP contribution in [-0.2, 0) is 19.1 Å². The van der Waals surface area contributed by atoms with Gasteiger partial charge in [-0.15, -0.1) is 0 Å². The first kappa shape index (κ1) is 24.3. The van der Waals surface area contributed by atoms with Crippen LogP contribution >= 0.6 is 67.8 Å². The van der Waals surface area contributed by atoms with Crippen LogP contribution < -0.4 is 16.4 Å². The third-order valence-electron chi connectivity index (χ3n) is 3.24. The first-order chi connectivity index (χ1) is 12.4. The maximum absolute atomic E-state index is 12.8. The van der Waals surface area contributed by atoms with Crippen molar-refractivity contribution in [2.45, 2.75) is 33.8 Å². The Bertz CT molecular complexity index is 768. The molecule has 0 saturated heterocycles. The Morgan fingerprint density at radius 2 is 1.30 bits per heavy atom. The second-order valence-electron chi connectivity index (χ2n) is 5.90. The molecule has 1 aromatic rings. The van der Waals surface area contributed by atoms with Gasteiger partial charge < -0.3 is 21.1 Å². The van der Waals surface area contributed by atoms with Crippen molar-refractivity contribution in [2.24, 2.45) is 11.7 Å². The van der Waals surface area contributed by atoms with Crippen molar-refractivity contribution in [1.29, 1.82) is 0 Å². The lowest BCUT2D eigenvalue weighted by Crippen LogP contribution is -2.37. The molecule has 1 rings (SSSR count). The number of hydrogen-bond acceptors (Lipinski definition) is 5. The van der Waals surface area contributed by atoms with Crippen molar-refractivity contribution in [3.05, 3.63) is 16.3 Å². The summed E-state index contributed by atoms with van der Waals surface area (Å²) >= 11 is 5.82. The fourth-order valence-corrected chi connectivity index (χ4v) is 6.26. The molecule has 8 nitrogen and oxygen atoms in total. The molecule has 1 unspecified atom stereocenters. The normalized spacial score (nSPS) is 11.7. The van der Waals surface area contributed by atoms with Gasteiger partial charge in [-0.05, 0) is 73.7 Å². The number of nitrogens with two attached hydrogens (primary N) is 1. The lowest BCUT2D eigenvalue weighted by Gasteiger charge is -2.22. The van der Waals surface area contributed by atoms with Gasteiger partial charge in [0.05, 0.1) is 27.6 Å².